The molecule has 2 N–H and O–H groups in total. The van der Waals surface area contributed by atoms with Gasteiger partial charge in [-0.3, -0.25) is 9.59 Å². The van der Waals surface area contributed by atoms with Gasteiger partial charge in [-0.15, -0.1) is 11.3 Å². The van der Waals surface area contributed by atoms with Crippen LogP contribution >= 0.6 is 11.3 Å². The van der Waals surface area contributed by atoms with E-state index < -0.39 is 0 Å². The molecule has 0 bridgehead atoms. The first kappa shape index (κ1) is 15.4. The number of amides is 2. The Balaban J connectivity index is 1.72. The number of hydrogen-bond donors (Lipinski definition) is 1. The van der Waals surface area contributed by atoms with E-state index in [4.69, 9.17) is 5.73 Å². The molecule has 6 heteroatoms. The first-order valence-electron chi connectivity index (χ1n) is 8.51. The molecule has 1 saturated heterocycles. The minimum Gasteiger partial charge on any atom is -0.369 e. The van der Waals surface area contributed by atoms with Crippen LogP contribution in [0.4, 0.5) is 0 Å². The zero-order valence-electron chi connectivity index (χ0n) is 13.5. The van der Waals surface area contributed by atoms with Gasteiger partial charge in [-0.05, 0) is 49.8 Å². The molecule has 0 unspecified atom stereocenters. The maximum Gasteiger partial charge on any atom is 0.257 e. The predicted molar refractivity (Wildman–Crippen MR) is 93.5 cm³/mol. The molecule has 1 fully saturated rings. The van der Waals surface area contributed by atoms with E-state index >= 15 is 0 Å². The van der Waals surface area contributed by atoms with E-state index in [9.17, 15) is 9.59 Å². The highest BCUT2D eigenvalue weighted by atomic mass is 32.1. The number of nitrogens with two attached hydrogens (primary N) is 1. The topological polar surface area (TPSA) is 68.3 Å². The molecule has 126 valence electrons. The zero-order chi connectivity index (χ0) is 16.7. The average Bonchev–Trinajstić information content (AvgIpc) is 3.31. The summed E-state index contributed by atoms with van der Waals surface area (Å²) < 4.78 is 2.04. The van der Waals surface area contributed by atoms with Gasteiger partial charge in [0, 0.05) is 30.4 Å². The maximum atomic E-state index is 13.2. The number of aromatic nitrogens is 1. The van der Waals surface area contributed by atoms with E-state index in [0.29, 0.717) is 19.5 Å². The average molecular weight is 343 g/mol. The Bertz CT molecular complexity index is 779. The number of nitrogens with zero attached hydrogens (tertiary/aromatic N) is 2. The lowest BCUT2D eigenvalue weighted by molar-refractivity contribution is -0.121. The number of hydrogen-bond acceptors (Lipinski definition) is 3. The van der Waals surface area contributed by atoms with Crippen LogP contribution in [0.25, 0.3) is 5.00 Å². The summed E-state index contributed by atoms with van der Waals surface area (Å²) >= 11 is 1.74. The van der Waals surface area contributed by atoms with Crippen LogP contribution in [0.15, 0.2) is 24.5 Å². The van der Waals surface area contributed by atoms with E-state index in [0.717, 1.165) is 29.8 Å². The molecule has 2 aromatic rings. The second kappa shape index (κ2) is 6.09. The lowest BCUT2D eigenvalue weighted by Crippen LogP contribution is -2.32. The fraction of sp³-hybridized carbons (Fsp3) is 0.444. The second-order valence-electron chi connectivity index (χ2n) is 6.62. The van der Waals surface area contributed by atoms with Gasteiger partial charge in [0.1, 0.15) is 5.00 Å². The number of carbonyl (C=O) groups excluding carboxylic acids is 2. The second-order valence-corrected chi connectivity index (χ2v) is 7.70. The zero-order valence-corrected chi connectivity index (χ0v) is 14.3. The molecule has 0 saturated carbocycles. The minimum atomic E-state index is -0.303. The fourth-order valence-corrected chi connectivity index (χ4v) is 5.11. The molecule has 1 atom stereocenters. The molecule has 0 spiro atoms. The summed E-state index contributed by atoms with van der Waals surface area (Å²) in [6.45, 7) is 1.06. The molecule has 5 nitrogen and oxygen atoms in total. The fourth-order valence-electron chi connectivity index (χ4n) is 3.76. The number of primary amides is 1. The molecule has 2 aromatic heterocycles. The minimum absolute atomic E-state index is 0.0573. The number of fused-ring (bicyclic) bond motifs is 1. The lowest BCUT2D eigenvalue weighted by Gasteiger charge is -2.19. The van der Waals surface area contributed by atoms with Crippen LogP contribution in [0.2, 0.25) is 0 Å². The molecule has 0 aromatic carbocycles. The van der Waals surface area contributed by atoms with Gasteiger partial charge in [0.05, 0.1) is 11.5 Å². The third kappa shape index (κ3) is 2.55. The van der Waals surface area contributed by atoms with Crippen molar-refractivity contribution in [1.29, 1.82) is 0 Å². The van der Waals surface area contributed by atoms with Crippen molar-refractivity contribution in [2.45, 2.75) is 32.1 Å². The largest absolute Gasteiger partial charge is 0.369 e. The smallest absolute Gasteiger partial charge is 0.257 e. The monoisotopic (exact) mass is 343 g/mol. The quantitative estimate of drug-likeness (QED) is 0.929. The third-order valence-corrected chi connectivity index (χ3v) is 6.39. The van der Waals surface area contributed by atoms with Crippen LogP contribution in [0.5, 0.6) is 0 Å². The van der Waals surface area contributed by atoms with Crippen molar-refractivity contribution in [1.82, 2.24) is 9.47 Å². The molecular formula is C18H21N3O2S. The van der Waals surface area contributed by atoms with E-state index in [1.165, 1.54) is 16.9 Å². The molecule has 4 rings (SSSR count). The van der Waals surface area contributed by atoms with Gasteiger partial charge in [-0.1, -0.05) is 0 Å². The van der Waals surface area contributed by atoms with Crippen LogP contribution in [0.3, 0.4) is 0 Å². The molecular weight excluding hydrogens is 322 g/mol. The number of rotatable bonds is 3. The van der Waals surface area contributed by atoms with E-state index in [-0.39, 0.29) is 17.7 Å². The number of carbonyl (C=O) groups is 2. The van der Waals surface area contributed by atoms with Crippen LogP contribution in [0, 0.1) is 5.92 Å². The summed E-state index contributed by atoms with van der Waals surface area (Å²) in [4.78, 5) is 27.8. The van der Waals surface area contributed by atoms with Crippen molar-refractivity contribution in [3.8, 4) is 5.00 Å². The van der Waals surface area contributed by atoms with Gasteiger partial charge in [-0.25, -0.2) is 0 Å². The number of thiophene rings is 1. The summed E-state index contributed by atoms with van der Waals surface area (Å²) in [5, 5.41) is 1.01. The summed E-state index contributed by atoms with van der Waals surface area (Å²) in [7, 11) is 0. The molecule has 1 aliphatic heterocycles. The van der Waals surface area contributed by atoms with Gasteiger partial charge < -0.3 is 15.2 Å². The van der Waals surface area contributed by atoms with Crippen LogP contribution in [-0.2, 0) is 17.6 Å². The van der Waals surface area contributed by atoms with Gasteiger partial charge in [-0.2, -0.15) is 0 Å². The van der Waals surface area contributed by atoms with E-state index in [1.54, 1.807) is 16.2 Å². The highest BCUT2D eigenvalue weighted by molar-refractivity contribution is 7.15. The van der Waals surface area contributed by atoms with Crippen LogP contribution in [0.1, 0.15) is 40.1 Å². The third-order valence-electron chi connectivity index (χ3n) is 5.08. The Morgan fingerprint density at radius 2 is 1.92 bits per heavy atom. The van der Waals surface area contributed by atoms with Crippen molar-refractivity contribution < 1.29 is 9.59 Å². The Labute approximate surface area is 145 Å². The molecule has 0 radical (unpaired) electrons. The maximum absolute atomic E-state index is 13.2. The van der Waals surface area contributed by atoms with E-state index in [1.807, 2.05) is 29.1 Å². The number of aryl methyl sites for hydroxylation is 1. The Kier molecular flexibility index (Phi) is 3.92. The van der Waals surface area contributed by atoms with Crippen molar-refractivity contribution in [2.24, 2.45) is 11.7 Å². The van der Waals surface area contributed by atoms with Crippen LogP contribution < -0.4 is 5.73 Å². The summed E-state index contributed by atoms with van der Waals surface area (Å²) in [5.74, 6) is -0.455. The Morgan fingerprint density at radius 3 is 2.62 bits per heavy atom. The summed E-state index contributed by atoms with van der Waals surface area (Å²) in [6.07, 6.45) is 9.02. The van der Waals surface area contributed by atoms with Gasteiger partial charge >= 0.3 is 0 Å². The van der Waals surface area contributed by atoms with Crippen molar-refractivity contribution in [3.05, 3.63) is 40.5 Å². The van der Waals surface area contributed by atoms with E-state index in [2.05, 4.69) is 0 Å². The van der Waals surface area contributed by atoms with Crippen LogP contribution in [-0.4, -0.2) is 34.4 Å². The summed E-state index contributed by atoms with van der Waals surface area (Å²) in [5.41, 5.74) is 7.49. The summed E-state index contributed by atoms with van der Waals surface area (Å²) in [6, 6.07) is 3.96. The Hall–Kier alpha value is -2.08. The molecule has 3 heterocycles. The molecule has 2 aliphatic rings. The van der Waals surface area contributed by atoms with Gasteiger partial charge in [0.25, 0.3) is 5.91 Å². The standard InChI is InChI=1S/C18H21N3O2S/c19-16(22)12-7-10-21(11-12)17(23)15-13-5-1-2-6-14(13)24-18(15)20-8-3-4-9-20/h3-4,8-9,12H,1-2,5-7,10-11H2,(H2,19,22)/t12-/m0/s1. The van der Waals surface area contributed by atoms with Gasteiger partial charge in [0.2, 0.25) is 5.91 Å². The highest BCUT2D eigenvalue weighted by Crippen LogP contribution is 2.38. The molecule has 1 aliphatic carbocycles. The SMILES string of the molecule is NC(=O)[C@H]1CCN(C(=O)c2c(-n3cccc3)sc3c2CCCC3)C1. The van der Waals surface area contributed by atoms with Crippen molar-refractivity contribution >= 4 is 23.2 Å². The highest BCUT2D eigenvalue weighted by Gasteiger charge is 2.34. The van der Waals surface area contributed by atoms with Gasteiger partial charge in [0.15, 0.2) is 0 Å². The predicted octanol–water partition coefficient (Wildman–Crippen LogP) is 2.37. The van der Waals surface area contributed by atoms with Crippen molar-refractivity contribution in [3.63, 3.8) is 0 Å². The molecule has 2 amide bonds. The first-order valence-corrected chi connectivity index (χ1v) is 9.33. The lowest BCUT2D eigenvalue weighted by atomic mass is 9.95. The number of likely N-dealkylation sites (tertiary alicyclic amines) is 1. The Morgan fingerprint density at radius 1 is 1.17 bits per heavy atom. The first-order chi connectivity index (χ1) is 11.6. The molecule has 24 heavy (non-hydrogen) atoms. The van der Waals surface area contributed by atoms with Crippen molar-refractivity contribution in [2.75, 3.05) is 13.1 Å². The normalized spacial score (nSPS) is 20.2.